The fourth-order valence-corrected chi connectivity index (χ4v) is 4.40. The lowest BCUT2D eigenvalue weighted by molar-refractivity contribution is 0.0946. The van der Waals surface area contributed by atoms with Gasteiger partial charge in [0.1, 0.15) is 11.5 Å². The Hall–Kier alpha value is -3.28. The number of nitrogens with one attached hydrogen (secondary N) is 2. The van der Waals surface area contributed by atoms with Gasteiger partial charge in [-0.2, -0.15) is 5.26 Å². The Morgan fingerprint density at radius 2 is 2.06 bits per heavy atom. The summed E-state index contributed by atoms with van der Waals surface area (Å²) in [7, 11) is 0. The number of nitriles is 1. The van der Waals surface area contributed by atoms with Crippen molar-refractivity contribution in [1.82, 2.24) is 20.2 Å². The van der Waals surface area contributed by atoms with Crippen LogP contribution in [-0.4, -0.2) is 40.4 Å². The maximum Gasteiger partial charge on any atom is 0.271 e. The van der Waals surface area contributed by atoms with Crippen molar-refractivity contribution < 1.29 is 4.79 Å². The molecule has 4 rings (SSSR count). The van der Waals surface area contributed by atoms with Crippen molar-refractivity contribution in [1.29, 1.82) is 5.26 Å². The van der Waals surface area contributed by atoms with Crippen molar-refractivity contribution in [3.05, 3.63) is 70.9 Å². The first kappa shape index (κ1) is 21.0. The molecule has 3 heterocycles. The molecule has 31 heavy (non-hydrogen) atoms. The van der Waals surface area contributed by atoms with Crippen LogP contribution in [0.25, 0.3) is 0 Å². The van der Waals surface area contributed by atoms with Gasteiger partial charge in [0.25, 0.3) is 5.91 Å². The fourth-order valence-electron chi connectivity index (χ4n) is 3.70. The van der Waals surface area contributed by atoms with E-state index in [1.54, 1.807) is 5.38 Å². The monoisotopic (exact) mass is 432 g/mol. The average molecular weight is 433 g/mol. The molecule has 1 atom stereocenters. The maximum absolute atomic E-state index is 12.4. The summed E-state index contributed by atoms with van der Waals surface area (Å²) in [5.74, 6) is 0.828. The molecule has 8 heteroatoms. The van der Waals surface area contributed by atoms with Gasteiger partial charge in [-0.1, -0.05) is 36.4 Å². The van der Waals surface area contributed by atoms with Crippen LogP contribution in [-0.2, 0) is 6.54 Å². The molecule has 2 aromatic heterocycles. The molecule has 1 amide bonds. The highest BCUT2D eigenvalue weighted by molar-refractivity contribution is 7.14. The number of anilines is 2. The molecule has 0 radical (unpaired) electrons. The van der Waals surface area contributed by atoms with Gasteiger partial charge in [0, 0.05) is 30.1 Å². The Morgan fingerprint density at radius 1 is 1.19 bits per heavy atom. The van der Waals surface area contributed by atoms with Crippen molar-refractivity contribution >= 4 is 28.2 Å². The lowest BCUT2D eigenvalue weighted by Crippen LogP contribution is -2.34. The molecular weight excluding hydrogens is 408 g/mol. The van der Waals surface area contributed by atoms with E-state index in [0.29, 0.717) is 35.7 Å². The van der Waals surface area contributed by atoms with E-state index in [0.717, 1.165) is 37.2 Å². The number of carbonyl (C=O) groups excluding carboxylic acids is 1. The molecule has 0 saturated carbocycles. The Morgan fingerprint density at radius 3 is 2.90 bits per heavy atom. The van der Waals surface area contributed by atoms with Crippen LogP contribution < -0.4 is 10.6 Å². The molecule has 1 fully saturated rings. The summed E-state index contributed by atoms with van der Waals surface area (Å²) in [4.78, 5) is 23.7. The van der Waals surface area contributed by atoms with E-state index in [1.165, 1.54) is 11.3 Å². The number of rotatable bonds is 7. The van der Waals surface area contributed by atoms with E-state index >= 15 is 0 Å². The van der Waals surface area contributed by atoms with Crippen molar-refractivity contribution in [3.8, 4) is 6.07 Å². The Labute approximate surface area is 185 Å². The molecule has 0 spiro atoms. The first-order valence-electron chi connectivity index (χ1n) is 10.3. The number of benzene rings is 1. The predicted molar refractivity (Wildman–Crippen MR) is 121 cm³/mol. The number of likely N-dealkylation sites (tertiary alicyclic amines) is 1. The Bertz CT molecular complexity index is 1060. The Kier molecular flexibility index (Phi) is 6.87. The first-order chi connectivity index (χ1) is 15.2. The number of aromatic nitrogens is 2. The van der Waals surface area contributed by atoms with E-state index in [1.807, 2.05) is 48.5 Å². The van der Waals surface area contributed by atoms with E-state index in [-0.39, 0.29) is 5.91 Å². The predicted octanol–water partition coefficient (Wildman–Crippen LogP) is 3.91. The van der Waals surface area contributed by atoms with E-state index in [9.17, 15) is 4.79 Å². The molecule has 1 aliphatic heterocycles. The summed E-state index contributed by atoms with van der Waals surface area (Å²) in [6.45, 7) is 2.75. The van der Waals surface area contributed by atoms with Crippen LogP contribution in [0.2, 0.25) is 0 Å². The lowest BCUT2D eigenvalue weighted by Gasteiger charge is -2.30. The summed E-state index contributed by atoms with van der Waals surface area (Å²) in [6, 6.07) is 17.9. The van der Waals surface area contributed by atoms with E-state index in [2.05, 4.69) is 26.6 Å². The molecule has 7 nitrogen and oxygen atoms in total. The number of carbonyl (C=O) groups is 1. The molecule has 0 bridgehead atoms. The number of hydrogen-bond acceptors (Lipinski definition) is 7. The van der Waals surface area contributed by atoms with Gasteiger partial charge in [-0.05, 0) is 37.1 Å². The lowest BCUT2D eigenvalue weighted by atomic mass is 9.94. The van der Waals surface area contributed by atoms with Crippen LogP contribution in [0.5, 0.6) is 0 Å². The molecular formula is C23H24N6OS. The highest BCUT2D eigenvalue weighted by Gasteiger charge is 2.22. The smallest absolute Gasteiger partial charge is 0.271 e. The molecule has 2 N–H and O–H groups in total. The average Bonchev–Trinajstić information content (AvgIpc) is 3.27. The highest BCUT2D eigenvalue weighted by Crippen LogP contribution is 2.27. The fraction of sp³-hybridized carbons (Fsp3) is 0.304. The van der Waals surface area contributed by atoms with Crippen LogP contribution in [0.1, 0.15) is 40.5 Å². The highest BCUT2D eigenvalue weighted by atomic mass is 32.1. The van der Waals surface area contributed by atoms with Gasteiger partial charge < -0.3 is 10.6 Å². The Balaban J connectivity index is 1.37. The molecule has 3 aromatic rings. The number of nitrogens with zero attached hydrogens (tertiary/aromatic N) is 4. The number of thiazole rings is 1. The number of hydrogen-bond donors (Lipinski definition) is 2. The maximum atomic E-state index is 12.4. The topological polar surface area (TPSA) is 93.9 Å². The minimum absolute atomic E-state index is 0.199. The van der Waals surface area contributed by atoms with Crippen LogP contribution in [0.15, 0.2) is 53.9 Å². The van der Waals surface area contributed by atoms with E-state index in [4.69, 9.17) is 10.2 Å². The molecule has 1 saturated heterocycles. The van der Waals surface area contributed by atoms with Crippen molar-refractivity contribution in [2.75, 3.05) is 25.0 Å². The van der Waals surface area contributed by atoms with Crippen LogP contribution in [0, 0.1) is 11.3 Å². The zero-order valence-electron chi connectivity index (χ0n) is 17.1. The summed E-state index contributed by atoms with van der Waals surface area (Å²) in [6.07, 6.45) is 2.14. The second-order valence-corrected chi connectivity index (χ2v) is 8.37. The second-order valence-electron chi connectivity index (χ2n) is 7.51. The van der Waals surface area contributed by atoms with Crippen molar-refractivity contribution in [2.24, 2.45) is 0 Å². The summed E-state index contributed by atoms with van der Waals surface area (Å²) >= 11 is 1.38. The summed E-state index contributed by atoms with van der Waals surface area (Å²) in [5.41, 5.74) is 2.45. The van der Waals surface area contributed by atoms with Crippen molar-refractivity contribution in [2.45, 2.75) is 25.3 Å². The molecule has 0 aliphatic carbocycles. The van der Waals surface area contributed by atoms with Crippen molar-refractivity contribution in [3.63, 3.8) is 0 Å². The normalized spacial score (nSPS) is 16.4. The van der Waals surface area contributed by atoms with Gasteiger partial charge in [-0.25, -0.2) is 9.97 Å². The molecule has 158 valence electrons. The molecule has 1 aliphatic rings. The van der Waals surface area contributed by atoms with Gasteiger partial charge in [0.2, 0.25) is 0 Å². The largest absolute Gasteiger partial charge is 0.347 e. The van der Waals surface area contributed by atoms with Gasteiger partial charge in [0.15, 0.2) is 5.13 Å². The summed E-state index contributed by atoms with van der Waals surface area (Å²) in [5, 5.41) is 17.4. The third kappa shape index (κ3) is 5.66. The van der Waals surface area contributed by atoms with Crippen LogP contribution >= 0.6 is 11.3 Å². The number of amides is 1. The summed E-state index contributed by atoms with van der Waals surface area (Å²) < 4.78 is 0. The third-order valence-electron chi connectivity index (χ3n) is 5.26. The van der Waals surface area contributed by atoms with Crippen LogP contribution in [0.3, 0.4) is 0 Å². The van der Waals surface area contributed by atoms with Gasteiger partial charge in [-0.3, -0.25) is 9.69 Å². The second kappa shape index (κ2) is 10.2. The zero-order chi connectivity index (χ0) is 21.5. The quantitative estimate of drug-likeness (QED) is 0.550. The number of piperidine rings is 1. The first-order valence-corrected chi connectivity index (χ1v) is 11.2. The van der Waals surface area contributed by atoms with Gasteiger partial charge in [-0.15, -0.1) is 11.3 Å². The third-order valence-corrected chi connectivity index (χ3v) is 6.01. The van der Waals surface area contributed by atoms with E-state index < -0.39 is 0 Å². The molecule has 0 unspecified atom stereocenters. The minimum atomic E-state index is -0.199. The minimum Gasteiger partial charge on any atom is -0.347 e. The van der Waals surface area contributed by atoms with Crippen LogP contribution in [0.4, 0.5) is 10.9 Å². The number of pyridine rings is 1. The molecule has 1 aromatic carbocycles. The standard InChI is InChI=1S/C23H24N6OS/c24-11-13-29-12-5-8-18(15-29)19-9-4-10-21(26-19)28-23-27-20(16-31-23)22(30)25-14-17-6-2-1-3-7-17/h1-4,6-7,9-10,16,18H,5,8,12-15H2,(H,25,30)(H,26,27,28)/t18-/m0/s1. The SMILES string of the molecule is N#CCN1CCC[C@H](c2cccc(Nc3nc(C(=O)NCc4ccccc4)cs3)n2)C1. The van der Waals surface area contributed by atoms with Gasteiger partial charge >= 0.3 is 0 Å². The zero-order valence-corrected chi connectivity index (χ0v) is 17.9. The van der Waals surface area contributed by atoms with Gasteiger partial charge in [0.05, 0.1) is 12.6 Å².